The van der Waals surface area contributed by atoms with Crippen molar-refractivity contribution in [1.82, 2.24) is 24.5 Å². The fourth-order valence-electron chi connectivity index (χ4n) is 2.69. The van der Waals surface area contributed by atoms with Crippen molar-refractivity contribution in [1.29, 1.82) is 0 Å². The number of benzene rings is 1. The van der Waals surface area contributed by atoms with Crippen LogP contribution in [0.3, 0.4) is 0 Å². The first kappa shape index (κ1) is 17.7. The molecule has 0 radical (unpaired) electrons. The van der Waals surface area contributed by atoms with Crippen LogP contribution in [0.2, 0.25) is 0 Å². The van der Waals surface area contributed by atoms with Crippen LogP contribution < -0.4 is 4.74 Å². The molecule has 0 N–H and O–H groups in total. The zero-order valence-electron chi connectivity index (χ0n) is 15.3. The van der Waals surface area contributed by atoms with Crippen LogP contribution >= 0.6 is 0 Å². The average molecular weight is 353 g/mol. The molecule has 0 spiro atoms. The average Bonchev–Trinajstić information content (AvgIpc) is 3.29. The first-order chi connectivity index (χ1) is 12.6. The fraction of sp³-hybridized carbons (Fsp3) is 0.316. The Hall–Kier alpha value is -3.09. The lowest BCUT2D eigenvalue weighted by Crippen LogP contribution is -2.28. The number of rotatable bonds is 7. The van der Waals surface area contributed by atoms with Gasteiger partial charge in [0, 0.05) is 26.0 Å². The van der Waals surface area contributed by atoms with Gasteiger partial charge in [-0.25, -0.2) is 4.68 Å². The van der Waals surface area contributed by atoms with E-state index in [-0.39, 0.29) is 12.6 Å². The SMILES string of the molecule is CCn1nccc1CN(C)C(=O)c1ccn(COc2ccccc2C)n1. The topological polar surface area (TPSA) is 65.2 Å². The lowest BCUT2D eigenvalue weighted by atomic mass is 10.2. The second-order valence-electron chi connectivity index (χ2n) is 6.08. The van der Waals surface area contributed by atoms with Crippen molar-refractivity contribution in [3.63, 3.8) is 0 Å². The summed E-state index contributed by atoms with van der Waals surface area (Å²) in [6.07, 6.45) is 3.49. The smallest absolute Gasteiger partial charge is 0.274 e. The highest BCUT2D eigenvalue weighted by atomic mass is 16.5. The van der Waals surface area contributed by atoms with Crippen molar-refractivity contribution in [3.05, 3.63) is 65.7 Å². The van der Waals surface area contributed by atoms with E-state index < -0.39 is 0 Å². The molecule has 136 valence electrons. The summed E-state index contributed by atoms with van der Waals surface area (Å²) in [7, 11) is 1.76. The molecule has 0 fully saturated rings. The van der Waals surface area contributed by atoms with E-state index in [4.69, 9.17) is 4.74 Å². The summed E-state index contributed by atoms with van der Waals surface area (Å²) >= 11 is 0. The van der Waals surface area contributed by atoms with Gasteiger partial charge in [-0.05, 0) is 37.6 Å². The molecular formula is C19H23N5O2. The van der Waals surface area contributed by atoms with Gasteiger partial charge in [-0.2, -0.15) is 10.2 Å². The maximum absolute atomic E-state index is 12.6. The fourth-order valence-corrected chi connectivity index (χ4v) is 2.69. The minimum absolute atomic E-state index is 0.136. The largest absolute Gasteiger partial charge is 0.471 e. The Kier molecular flexibility index (Phi) is 5.36. The Labute approximate surface area is 152 Å². The Morgan fingerprint density at radius 3 is 2.81 bits per heavy atom. The number of carbonyl (C=O) groups excluding carboxylic acids is 1. The van der Waals surface area contributed by atoms with Gasteiger partial charge in [-0.15, -0.1) is 0 Å². The molecule has 0 unspecified atom stereocenters. The van der Waals surface area contributed by atoms with E-state index in [2.05, 4.69) is 10.2 Å². The van der Waals surface area contributed by atoms with Crippen LogP contribution in [0, 0.1) is 6.92 Å². The zero-order chi connectivity index (χ0) is 18.5. The van der Waals surface area contributed by atoms with Crippen LogP contribution in [-0.4, -0.2) is 37.4 Å². The third-order valence-electron chi connectivity index (χ3n) is 4.16. The molecule has 7 heteroatoms. The van der Waals surface area contributed by atoms with E-state index in [0.717, 1.165) is 23.6 Å². The van der Waals surface area contributed by atoms with Gasteiger partial charge >= 0.3 is 0 Å². The molecule has 2 aromatic heterocycles. The molecule has 0 saturated heterocycles. The van der Waals surface area contributed by atoms with Crippen molar-refractivity contribution in [2.45, 2.75) is 33.7 Å². The van der Waals surface area contributed by atoms with E-state index in [1.165, 1.54) is 0 Å². The molecular weight excluding hydrogens is 330 g/mol. The molecule has 0 aliphatic rings. The predicted molar refractivity (Wildman–Crippen MR) is 97.7 cm³/mol. The molecule has 0 aliphatic carbocycles. The summed E-state index contributed by atoms with van der Waals surface area (Å²) < 4.78 is 9.24. The minimum Gasteiger partial charge on any atom is -0.471 e. The van der Waals surface area contributed by atoms with Gasteiger partial charge in [0.25, 0.3) is 5.91 Å². The number of carbonyl (C=O) groups is 1. The second kappa shape index (κ2) is 7.86. The standard InChI is InChI=1S/C19H23N5O2/c1-4-24-16(9-11-20-24)13-22(3)19(25)17-10-12-23(21-17)14-26-18-8-6-5-7-15(18)2/h5-12H,4,13-14H2,1-3H3. The molecule has 0 saturated carbocycles. The number of amides is 1. The van der Waals surface area contributed by atoms with Crippen LogP contribution in [0.15, 0.2) is 48.8 Å². The first-order valence-corrected chi connectivity index (χ1v) is 8.56. The van der Waals surface area contributed by atoms with Crippen molar-refractivity contribution < 1.29 is 9.53 Å². The number of ether oxygens (including phenoxy) is 1. The molecule has 2 heterocycles. The molecule has 0 atom stereocenters. The summed E-state index contributed by atoms with van der Waals surface area (Å²) in [5.41, 5.74) is 2.44. The van der Waals surface area contributed by atoms with Gasteiger partial charge in [-0.1, -0.05) is 18.2 Å². The van der Waals surface area contributed by atoms with Gasteiger partial charge < -0.3 is 9.64 Å². The van der Waals surface area contributed by atoms with E-state index in [1.54, 1.807) is 35.1 Å². The molecule has 3 rings (SSSR count). The number of nitrogens with zero attached hydrogens (tertiary/aromatic N) is 5. The van der Waals surface area contributed by atoms with E-state index in [0.29, 0.717) is 12.2 Å². The lowest BCUT2D eigenvalue weighted by Gasteiger charge is -2.16. The van der Waals surface area contributed by atoms with Gasteiger partial charge in [0.05, 0.1) is 12.2 Å². The summed E-state index contributed by atoms with van der Waals surface area (Å²) in [5, 5.41) is 8.55. The van der Waals surface area contributed by atoms with Crippen molar-refractivity contribution in [3.8, 4) is 5.75 Å². The third-order valence-corrected chi connectivity index (χ3v) is 4.16. The molecule has 0 aliphatic heterocycles. The maximum atomic E-state index is 12.6. The minimum atomic E-state index is -0.136. The van der Waals surface area contributed by atoms with Gasteiger partial charge in [-0.3, -0.25) is 9.48 Å². The van der Waals surface area contributed by atoms with Crippen LogP contribution in [0.4, 0.5) is 0 Å². The summed E-state index contributed by atoms with van der Waals surface area (Å²) in [5.74, 6) is 0.671. The molecule has 1 aromatic carbocycles. The quantitative estimate of drug-likeness (QED) is 0.655. The lowest BCUT2D eigenvalue weighted by molar-refractivity contribution is 0.0773. The summed E-state index contributed by atoms with van der Waals surface area (Å²) in [4.78, 5) is 14.2. The Morgan fingerprint density at radius 2 is 2.04 bits per heavy atom. The number of aryl methyl sites for hydroxylation is 2. The highest BCUT2D eigenvalue weighted by Crippen LogP contribution is 2.16. The third kappa shape index (κ3) is 3.93. The first-order valence-electron chi connectivity index (χ1n) is 8.56. The molecule has 26 heavy (non-hydrogen) atoms. The zero-order valence-corrected chi connectivity index (χ0v) is 15.3. The van der Waals surface area contributed by atoms with Crippen molar-refractivity contribution in [2.24, 2.45) is 0 Å². The number of hydrogen-bond donors (Lipinski definition) is 0. The number of para-hydroxylation sites is 1. The highest BCUT2D eigenvalue weighted by Gasteiger charge is 2.16. The number of aromatic nitrogens is 4. The van der Waals surface area contributed by atoms with Gasteiger partial charge in [0.1, 0.15) is 5.75 Å². The van der Waals surface area contributed by atoms with E-state index >= 15 is 0 Å². The Morgan fingerprint density at radius 1 is 1.23 bits per heavy atom. The molecule has 7 nitrogen and oxygen atoms in total. The summed E-state index contributed by atoms with van der Waals surface area (Å²) in [6, 6.07) is 11.4. The van der Waals surface area contributed by atoms with Gasteiger partial charge in [0.2, 0.25) is 0 Å². The highest BCUT2D eigenvalue weighted by molar-refractivity contribution is 5.91. The normalized spacial score (nSPS) is 10.7. The van der Waals surface area contributed by atoms with Gasteiger partial charge in [0.15, 0.2) is 12.4 Å². The monoisotopic (exact) mass is 353 g/mol. The van der Waals surface area contributed by atoms with Crippen LogP contribution in [0.25, 0.3) is 0 Å². The molecule has 3 aromatic rings. The van der Waals surface area contributed by atoms with Crippen LogP contribution in [0.5, 0.6) is 5.75 Å². The Bertz CT molecular complexity index is 883. The summed E-state index contributed by atoms with van der Waals surface area (Å²) in [6.45, 7) is 5.52. The van der Waals surface area contributed by atoms with Crippen molar-refractivity contribution in [2.75, 3.05) is 7.05 Å². The second-order valence-corrected chi connectivity index (χ2v) is 6.08. The van der Waals surface area contributed by atoms with Crippen LogP contribution in [0.1, 0.15) is 28.7 Å². The predicted octanol–water partition coefficient (Wildman–Crippen LogP) is 2.72. The number of hydrogen-bond acceptors (Lipinski definition) is 4. The van der Waals surface area contributed by atoms with Crippen molar-refractivity contribution >= 4 is 5.91 Å². The Balaban J connectivity index is 1.61. The molecule has 0 bridgehead atoms. The maximum Gasteiger partial charge on any atom is 0.274 e. The molecule has 1 amide bonds. The van der Waals surface area contributed by atoms with Crippen LogP contribution in [-0.2, 0) is 19.8 Å². The van der Waals surface area contributed by atoms with E-state index in [9.17, 15) is 4.79 Å². The van der Waals surface area contributed by atoms with E-state index in [1.807, 2.05) is 48.9 Å².